The molecule has 1 amide bonds. The second-order valence-corrected chi connectivity index (χ2v) is 10.3. The fourth-order valence-corrected chi connectivity index (χ4v) is 6.03. The number of ether oxygens (including phenoxy) is 1. The topological polar surface area (TPSA) is 55.4 Å². The van der Waals surface area contributed by atoms with Crippen LogP contribution in [0.1, 0.15) is 89.8 Å². The molecular weight excluding hydrogens is 374 g/mol. The average molecular weight is 414 g/mol. The zero-order valence-corrected chi connectivity index (χ0v) is 19.6. The molecule has 30 heavy (non-hydrogen) atoms. The molecule has 0 heterocycles. The van der Waals surface area contributed by atoms with Gasteiger partial charge < -0.3 is 10.1 Å². The Morgan fingerprint density at radius 2 is 1.93 bits per heavy atom. The van der Waals surface area contributed by atoms with Gasteiger partial charge in [0.2, 0.25) is 5.91 Å². The van der Waals surface area contributed by atoms with E-state index >= 15 is 0 Å². The number of nitrogens with one attached hydrogen (secondary N) is 1. The van der Waals surface area contributed by atoms with Gasteiger partial charge in [-0.2, -0.15) is 0 Å². The number of benzene rings is 1. The molecule has 1 N–H and O–H groups in total. The van der Waals surface area contributed by atoms with Crippen LogP contribution in [0.25, 0.3) is 0 Å². The van der Waals surface area contributed by atoms with Crippen molar-refractivity contribution in [2.75, 3.05) is 13.2 Å². The van der Waals surface area contributed by atoms with E-state index in [1.54, 1.807) is 13.8 Å². The van der Waals surface area contributed by atoms with Crippen LogP contribution in [-0.4, -0.2) is 25.0 Å². The first kappa shape index (κ1) is 22.8. The van der Waals surface area contributed by atoms with E-state index < -0.39 is 11.9 Å². The fourth-order valence-electron chi connectivity index (χ4n) is 6.03. The highest BCUT2D eigenvalue weighted by Crippen LogP contribution is 2.57. The molecule has 1 saturated carbocycles. The van der Waals surface area contributed by atoms with Gasteiger partial charge >= 0.3 is 5.97 Å². The van der Waals surface area contributed by atoms with Crippen LogP contribution in [-0.2, 0) is 26.2 Å². The molecule has 0 aromatic heterocycles. The Hall–Kier alpha value is -1.84. The summed E-state index contributed by atoms with van der Waals surface area (Å²) in [4.78, 5) is 24.5. The first-order chi connectivity index (χ1) is 14.1. The number of aryl methyl sites for hydroxylation is 1. The maximum atomic E-state index is 12.6. The normalized spacial score (nSPS) is 29.0. The molecule has 1 aromatic rings. The van der Waals surface area contributed by atoms with Gasteiger partial charge in [-0.1, -0.05) is 52.3 Å². The number of hydrogen-bond donors (Lipinski definition) is 1. The van der Waals surface area contributed by atoms with Gasteiger partial charge in [-0.3, -0.25) is 9.59 Å². The molecule has 4 unspecified atom stereocenters. The molecule has 0 spiro atoms. The van der Waals surface area contributed by atoms with E-state index in [2.05, 4.69) is 51.2 Å². The first-order valence-corrected chi connectivity index (χ1v) is 11.7. The molecule has 2 aliphatic rings. The summed E-state index contributed by atoms with van der Waals surface area (Å²) >= 11 is 0. The summed E-state index contributed by atoms with van der Waals surface area (Å²) in [6, 6.07) is 7.12. The van der Waals surface area contributed by atoms with E-state index in [4.69, 9.17) is 4.74 Å². The minimum Gasteiger partial charge on any atom is -0.465 e. The summed E-state index contributed by atoms with van der Waals surface area (Å²) < 4.78 is 5.01. The Morgan fingerprint density at radius 3 is 2.60 bits per heavy atom. The standard InChI is InChI=1S/C26H39NO3/c1-7-30-24(29)18(4)23(28)27-16-25(5)13-8-14-26(6)21-11-9-19(17(2)3)15-20(21)10-12-22(25)26/h9,11,15,17-18,22H,7-8,10,12-14,16H2,1-6H3,(H,27,28). The fraction of sp³-hybridized carbons (Fsp3) is 0.692. The van der Waals surface area contributed by atoms with Gasteiger partial charge in [0.15, 0.2) is 0 Å². The monoisotopic (exact) mass is 413 g/mol. The molecule has 1 aromatic carbocycles. The van der Waals surface area contributed by atoms with Gasteiger partial charge in [-0.25, -0.2) is 0 Å². The summed E-state index contributed by atoms with van der Waals surface area (Å²) in [7, 11) is 0. The van der Waals surface area contributed by atoms with Crippen molar-refractivity contribution in [2.24, 2.45) is 17.3 Å². The predicted molar refractivity (Wildman–Crippen MR) is 120 cm³/mol. The van der Waals surface area contributed by atoms with E-state index in [-0.39, 0.29) is 16.7 Å². The number of fused-ring (bicyclic) bond motifs is 3. The van der Waals surface area contributed by atoms with Crippen LogP contribution in [0, 0.1) is 17.3 Å². The number of carbonyl (C=O) groups is 2. The highest BCUT2D eigenvalue weighted by atomic mass is 16.5. The van der Waals surface area contributed by atoms with Crippen LogP contribution in [0.15, 0.2) is 18.2 Å². The third-order valence-corrected chi connectivity index (χ3v) is 7.87. The molecule has 1 fully saturated rings. The molecule has 2 aliphatic carbocycles. The van der Waals surface area contributed by atoms with Crippen molar-refractivity contribution in [2.45, 2.75) is 85.0 Å². The molecule has 0 aliphatic heterocycles. The van der Waals surface area contributed by atoms with E-state index in [9.17, 15) is 9.59 Å². The van der Waals surface area contributed by atoms with Crippen LogP contribution in [0.5, 0.6) is 0 Å². The highest BCUT2D eigenvalue weighted by molar-refractivity contribution is 5.97. The number of esters is 1. The molecule has 4 heteroatoms. The Bertz CT molecular complexity index is 801. The van der Waals surface area contributed by atoms with Crippen molar-refractivity contribution >= 4 is 11.9 Å². The maximum absolute atomic E-state index is 12.6. The van der Waals surface area contributed by atoms with Crippen molar-refractivity contribution in [3.63, 3.8) is 0 Å². The van der Waals surface area contributed by atoms with Crippen molar-refractivity contribution in [3.05, 3.63) is 34.9 Å². The SMILES string of the molecule is CCOC(=O)C(C)C(=O)NCC1(C)CCCC2(C)c3ccc(C(C)C)cc3CCC12. The third-order valence-electron chi connectivity index (χ3n) is 7.87. The molecule has 0 bridgehead atoms. The second kappa shape index (κ2) is 8.72. The third kappa shape index (κ3) is 4.15. The molecule has 0 radical (unpaired) electrons. The van der Waals surface area contributed by atoms with E-state index in [1.807, 2.05) is 0 Å². The summed E-state index contributed by atoms with van der Waals surface area (Å²) in [5.74, 6) is -0.352. The molecule has 4 nitrogen and oxygen atoms in total. The Labute approximate surface area is 182 Å². The Balaban J connectivity index is 1.78. The predicted octanol–water partition coefficient (Wildman–Crippen LogP) is 5.14. The number of hydrogen-bond acceptors (Lipinski definition) is 3. The highest BCUT2D eigenvalue weighted by Gasteiger charge is 2.51. The minimum atomic E-state index is -0.759. The van der Waals surface area contributed by atoms with Crippen LogP contribution < -0.4 is 5.32 Å². The largest absolute Gasteiger partial charge is 0.465 e. The second-order valence-electron chi connectivity index (χ2n) is 10.3. The molecular formula is C26H39NO3. The van der Waals surface area contributed by atoms with Crippen LogP contribution in [0.2, 0.25) is 0 Å². The lowest BCUT2D eigenvalue weighted by molar-refractivity contribution is -0.151. The zero-order chi connectivity index (χ0) is 22.1. The van der Waals surface area contributed by atoms with Crippen LogP contribution in [0.3, 0.4) is 0 Å². The smallest absolute Gasteiger partial charge is 0.318 e. The Kier molecular flexibility index (Phi) is 6.64. The van der Waals surface area contributed by atoms with Crippen LogP contribution in [0.4, 0.5) is 0 Å². The zero-order valence-electron chi connectivity index (χ0n) is 19.6. The van der Waals surface area contributed by atoms with Gasteiger partial charge in [0, 0.05) is 6.54 Å². The Morgan fingerprint density at radius 1 is 1.20 bits per heavy atom. The molecule has 166 valence electrons. The summed E-state index contributed by atoms with van der Waals surface area (Å²) in [5.41, 5.74) is 4.64. The summed E-state index contributed by atoms with van der Waals surface area (Å²) in [5, 5.41) is 3.09. The van der Waals surface area contributed by atoms with Gasteiger partial charge in [0.25, 0.3) is 0 Å². The first-order valence-electron chi connectivity index (χ1n) is 11.7. The van der Waals surface area contributed by atoms with Crippen molar-refractivity contribution in [3.8, 4) is 0 Å². The summed E-state index contributed by atoms with van der Waals surface area (Å²) in [6.07, 6.45) is 5.75. The van der Waals surface area contributed by atoms with Crippen molar-refractivity contribution < 1.29 is 14.3 Å². The lowest BCUT2D eigenvalue weighted by Crippen LogP contribution is -2.53. The molecule has 3 rings (SSSR count). The van der Waals surface area contributed by atoms with Crippen molar-refractivity contribution in [1.29, 1.82) is 0 Å². The van der Waals surface area contributed by atoms with Crippen LogP contribution >= 0.6 is 0 Å². The van der Waals surface area contributed by atoms with Crippen molar-refractivity contribution in [1.82, 2.24) is 5.32 Å². The van der Waals surface area contributed by atoms with Gasteiger partial charge in [0.1, 0.15) is 5.92 Å². The number of rotatable bonds is 6. The molecule has 0 saturated heterocycles. The lowest BCUT2D eigenvalue weighted by atomic mass is 9.49. The van der Waals surface area contributed by atoms with E-state index in [0.29, 0.717) is 25.0 Å². The average Bonchev–Trinajstić information content (AvgIpc) is 2.71. The molecule has 4 atom stereocenters. The maximum Gasteiger partial charge on any atom is 0.318 e. The summed E-state index contributed by atoms with van der Waals surface area (Å²) in [6.45, 7) is 13.6. The number of carbonyl (C=O) groups excluding carboxylic acids is 2. The van der Waals surface area contributed by atoms with Gasteiger partial charge in [0.05, 0.1) is 6.61 Å². The van der Waals surface area contributed by atoms with E-state index in [0.717, 1.165) is 25.7 Å². The van der Waals surface area contributed by atoms with Gasteiger partial charge in [-0.15, -0.1) is 0 Å². The number of amides is 1. The van der Waals surface area contributed by atoms with Gasteiger partial charge in [-0.05, 0) is 78.9 Å². The van der Waals surface area contributed by atoms with E-state index in [1.165, 1.54) is 23.1 Å². The lowest BCUT2D eigenvalue weighted by Gasteiger charge is -2.55. The quantitative estimate of drug-likeness (QED) is 0.519. The minimum absolute atomic E-state index is 0.0332.